The minimum absolute atomic E-state index is 0.0930. The van der Waals surface area contributed by atoms with Crippen molar-refractivity contribution in [1.29, 1.82) is 0 Å². The second-order valence-corrected chi connectivity index (χ2v) is 9.96. The summed E-state index contributed by atoms with van der Waals surface area (Å²) < 4.78 is 17.5. The molecule has 4 aliphatic carbocycles. The Bertz CT molecular complexity index is 1100. The number of nitrogens with zero attached hydrogens (tertiary/aromatic N) is 3. The number of carbonyl (C=O) groups is 2. The summed E-state index contributed by atoms with van der Waals surface area (Å²) in [5.41, 5.74) is -0.253. The van der Waals surface area contributed by atoms with Gasteiger partial charge in [0.1, 0.15) is 6.33 Å². The zero-order chi connectivity index (χ0) is 23.4. The van der Waals surface area contributed by atoms with Crippen LogP contribution in [0.2, 0.25) is 5.28 Å². The highest BCUT2D eigenvalue weighted by molar-refractivity contribution is 6.28. The lowest BCUT2D eigenvalue weighted by molar-refractivity contribution is -0.150. The Morgan fingerprint density at radius 2 is 1.76 bits per heavy atom. The number of carbonyl (C=O) groups excluding carboxylic acids is 2. The van der Waals surface area contributed by atoms with Gasteiger partial charge in [0.15, 0.2) is 11.5 Å². The van der Waals surface area contributed by atoms with Crippen molar-refractivity contribution in [3.05, 3.63) is 29.3 Å². The molecule has 0 unspecified atom stereocenters. The van der Waals surface area contributed by atoms with Crippen LogP contribution >= 0.6 is 11.6 Å². The van der Waals surface area contributed by atoms with Crippen molar-refractivity contribution in [2.24, 2.45) is 17.3 Å². The van der Waals surface area contributed by atoms with Gasteiger partial charge in [-0.25, -0.2) is 14.5 Å². The molecule has 1 heterocycles. The molecule has 4 saturated carbocycles. The molecule has 6 rings (SSSR count). The lowest BCUT2D eigenvalue weighted by atomic mass is 9.46. The molecule has 1 N–H and O–H groups in total. The fourth-order valence-electron chi connectivity index (χ4n) is 6.74. The highest BCUT2D eigenvalue weighted by Crippen LogP contribution is 2.64. The number of amides is 1. The fourth-order valence-corrected chi connectivity index (χ4v) is 6.86. The minimum atomic E-state index is -0.564. The van der Waals surface area contributed by atoms with Crippen LogP contribution in [0.15, 0.2) is 18.5 Å². The van der Waals surface area contributed by atoms with E-state index in [9.17, 15) is 9.59 Å². The number of nitrogens with one attached hydrogen (secondary N) is 1. The lowest BCUT2D eigenvalue weighted by Crippen LogP contribution is -2.60. The molecule has 4 bridgehead atoms. The molecular weight excluding hydrogens is 448 g/mol. The summed E-state index contributed by atoms with van der Waals surface area (Å²) in [6.07, 6.45) is 7.07. The van der Waals surface area contributed by atoms with Gasteiger partial charge in [0, 0.05) is 12.1 Å². The number of rotatable bonds is 6. The Balaban J connectivity index is 1.50. The summed E-state index contributed by atoms with van der Waals surface area (Å²) in [7, 11) is 4.30. The van der Waals surface area contributed by atoms with Crippen LogP contribution in [-0.2, 0) is 15.1 Å². The molecule has 176 valence electrons. The van der Waals surface area contributed by atoms with E-state index in [-0.39, 0.29) is 22.3 Å². The molecule has 1 aromatic heterocycles. The van der Waals surface area contributed by atoms with Gasteiger partial charge in [0.05, 0.1) is 43.5 Å². The molecule has 2 aromatic rings. The van der Waals surface area contributed by atoms with Crippen LogP contribution in [0.3, 0.4) is 0 Å². The van der Waals surface area contributed by atoms with Crippen molar-refractivity contribution >= 4 is 29.2 Å². The van der Waals surface area contributed by atoms with Crippen molar-refractivity contribution in [3.8, 4) is 11.5 Å². The van der Waals surface area contributed by atoms with Crippen molar-refractivity contribution in [2.45, 2.75) is 44.1 Å². The van der Waals surface area contributed by atoms with Crippen molar-refractivity contribution in [1.82, 2.24) is 14.8 Å². The number of hydrogen-bond acceptors (Lipinski definition) is 7. The number of methoxy groups -OCH3 is 3. The number of aromatic nitrogens is 3. The first-order valence-electron chi connectivity index (χ1n) is 11.0. The maximum atomic E-state index is 13.9. The van der Waals surface area contributed by atoms with E-state index >= 15 is 0 Å². The fraction of sp³-hybridized carbons (Fsp3) is 0.565. The number of anilines is 1. The van der Waals surface area contributed by atoms with Gasteiger partial charge in [-0.05, 0) is 62.0 Å². The first-order chi connectivity index (χ1) is 15.8. The number of hydrogen-bond donors (Lipinski definition) is 1. The molecule has 4 fully saturated rings. The summed E-state index contributed by atoms with van der Waals surface area (Å²) in [5.74, 6) is 1.01. The van der Waals surface area contributed by atoms with E-state index in [1.807, 2.05) is 4.68 Å². The van der Waals surface area contributed by atoms with Crippen molar-refractivity contribution < 1.29 is 23.8 Å². The van der Waals surface area contributed by atoms with Gasteiger partial charge in [0.25, 0.3) is 0 Å². The van der Waals surface area contributed by atoms with E-state index < -0.39 is 11.4 Å². The quantitative estimate of drug-likeness (QED) is 0.637. The molecule has 0 aliphatic heterocycles. The third kappa shape index (κ3) is 3.53. The third-order valence-corrected chi connectivity index (χ3v) is 7.81. The normalized spacial score (nSPS) is 29.6. The van der Waals surface area contributed by atoms with Crippen LogP contribution in [0.25, 0.3) is 0 Å². The molecule has 1 aromatic carbocycles. The number of esters is 1. The van der Waals surface area contributed by atoms with Crippen LogP contribution in [-0.4, -0.2) is 48.0 Å². The molecule has 4 aliphatic rings. The van der Waals surface area contributed by atoms with Crippen LogP contribution in [0.4, 0.5) is 5.69 Å². The molecule has 10 heteroatoms. The molecular formula is C23H27ClN4O5. The van der Waals surface area contributed by atoms with E-state index in [2.05, 4.69) is 15.4 Å². The van der Waals surface area contributed by atoms with Gasteiger partial charge in [0.2, 0.25) is 11.2 Å². The van der Waals surface area contributed by atoms with Crippen LogP contribution in [0, 0.1) is 17.3 Å². The second kappa shape index (κ2) is 7.90. The largest absolute Gasteiger partial charge is 0.493 e. The molecule has 9 nitrogen and oxygen atoms in total. The maximum absolute atomic E-state index is 13.9. The summed E-state index contributed by atoms with van der Waals surface area (Å²) in [5, 5.41) is 7.67. The first kappa shape index (κ1) is 22.0. The van der Waals surface area contributed by atoms with Gasteiger partial charge in [-0.1, -0.05) is 0 Å². The number of benzene rings is 1. The molecule has 2 atom stereocenters. The van der Waals surface area contributed by atoms with Crippen molar-refractivity contribution in [3.63, 3.8) is 0 Å². The van der Waals surface area contributed by atoms with Gasteiger partial charge in [-0.15, -0.1) is 5.10 Å². The predicted molar refractivity (Wildman–Crippen MR) is 120 cm³/mol. The molecule has 33 heavy (non-hydrogen) atoms. The average Bonchev–Trinajstić information content (AvgIpc) is 3.24. The highest BCUT2D eigenvalue weighted by atomic mass is 35.5. The third-order valence-electron chi connectivity index (χ3n) is 7.64. The standard InChI is InChI=1S/C23H27ClN4O5/c1-31-17-5-15(19(29)33-3)16(6-18(17)32-2)26-20(30)22-7-13-4-14(8-22)10-23(9-13,11-22)28-12-25-21(24)27-28/h5-6,12-14H,4,7-11H2,1-3H3,(H,26,30)/t13-,14-,22?,23?/m1/s1. The van der Waals surface area contributed by atoms with E-state index in [1.54, 1.807) is 12.4 Å². The van der Waals surface area contributed by atoms with E-state index in [0.717, 1.165) is 32.1 Å². The first-order valence-corrected chi connectivity index (χ1v) is 11.4. The maximum Gasteiger partial charge on any atom is 0.340 e. The van der Waals surface area contributed by atoms with Crippen molar-refractivity contribution in [2.75, 3.05) is 26.6 Å². The Hall–Kier alpha value is -2.81. The zero-order valence-electron chi connectivity index (χ0n) is 18.9. The molecule has 0 saturated heterocycles. The lowest BCUT2D eigenvalue weighted by Gasteiger charge is -2.60. The van der Waals surface area contributed by atoms with Crippen LogP contribution < -0.4 is 14.8 Å². The molecule has 0 spiro atoms. The van der Waals surface area contributed by atoms with E-state index in [0.29, 0.717) is 35.4 Å². The SMILES string of the molecule is COC(=O)c1cc(OC)c(OC)cc1NC(=O)C12C[C@H]3C[C@H](C1)CC(n1cnc(Cl)n1)(C3)C2. The van der Waals surface area contributed by atoms with Crippen LogP contribution in [0.1, 0.15) is 48.9 Å². The Kier molecular flexibility index (Phi) is 5.27. The summed E-state index contributed by atoms with van der Waals surface area (Å²) >= 11 is 6.03. The Labute approximate surface area is 196 Å². The molecule has 0 radical (unpaired) electrons. The monoisotopic (exact) mass is 474 g/mol. The van der Waals surface area contributed by atoms with Gasteiger partial charge in [-0.3, -0.25) is 4.79 Å². The Morgan fingerprint density at radius 3 is 2.33 bits per heavy atom. The smallest absolute Gasteiger partial charge is 0.340 e. The summed E-state index contributed by atoms with van der Waals surface area (Å²) in [4.78, 5) is 30.4. The zero-order valence-corrected chi connectivity index (χ0v) is 19.6. The number of ether oxygens (including phenoxy) is 3. The minimum Gasteiger partial charge on any atom is -0.493 e. The second-order valence-electron chi connectivity index (χ2n) is 9.62. The highest BCUT2D eigenvalue weighted by Gasteiger charge is 2.61. The Morgan fingerprint density at radius 1 is 1.09 bits per heavy atom. The molecule has 1 amide bonds. The number of halogens is 1. The predicted octanol–water partition coefficient (Wildman–Crippen LogP) is 3.67. The van der Waals surface area contributed by atoms with Gasteiger partial charge in [-0.2, -0.15) is 0 Å². The van der Waals surface area contributed by atoms with Gasteiger partial charge >= 0.3 is 5.97 Å². The van der Waals surface area contributed by atoms with Gasteiger partial charge < -0.3 is 19.5 Å². The van der Waals surface area contributed by atoms with E-state index in [4.69, 9.17) is 25.8 Å². The average molecular weight is 475 g/mol. The topological polar surface area (TPSA) is 105 Å². The van der Waals surface area contributed by atoms with E-state index in [1.165, 1.54) is 27.4 Å². The summed E-state index contributed by atoms with van der Waals surface area (Å²) in [6, 6.07) is 3.13. The van der Waals surface area contributed by atoms with Crippen LogP contribution in [0.5, 0.6) is 11.5 Å². The summed E-state index contributed by atoms with van der Waals surface area (Å²) in [6.45, 7) is 0.